The van der Waals surface area contributed by atoms with Crippen LogP contribution in [0.25, 0.3) is 0 Å². The van der Waals surface area contributed by atoms with E-state index in [2.05, 4.69) is 24.3 Å². The first-order chi connectivity index (χ1) is 7.75. The third kappa shape index (κ3) is 2.90. The summed E-state index contributed by atoms with van der Waals surface area (Å²) in [5.41, 5.74) is 2.66. The molecular weight excluding hydrogens is 259 g/mol. The molecule has 0 aliphatic heterocycles. The van der Waals surface area contributed by atoms with Gasteiger partial charge in [-0.3, -0.25) is 0 Å². The van der Waals surface area contributed by atoms with Gasteiger partial charge >= 0.3 is 105 Å². The van der Waals surface area contributed by atoms with Gasteiger partial charge < -0.3 is 0 Å². The van der Waals surface area contributed by atoms with Crippen LogP contribution in [0.3, 0.4) is 0 Å². The summed E-state index contributed by atoms with van der Waals surface area (Å²) < 4.78 is 0.568. The summed E-state index contributed by atoms with van der Waals surface area (Å²) in [5.74, 6) is 0.335. The van der Waals surface area contributed by atoms with Gasteiger partial charge in [0, 0.05) is 0 Å². The SMILES string of the molecule is Oc1ccc(CC([AsH2])c2ccccc2)cc1. The first kappa shape index (κ1) is 11.3. The van der Waals surface area contributed by atoms with Crippen LogP contribution in [0.1, 0.15) is 15.8 Å². The zero-order valence-corrected chi connectivity index (χ0v) is 11.4. The number of phenolic OH excluding ortho intramolecular Hbond substituents is 1. The normalized spacial score (nSPS) is 12.3. The quantitative estimate of drug-likeness (QED) is 0.852. The van der Waals surface area contributed by atoms with E-state index in [0.717, 1.165) is 6.42 Å². The number of hydrogen-bond donors (Lipinski definition) is 1. The van der Waals surface area contributed by atoms with Gasteiger partial charge in [0.05, 0.1) is 0 Å². The molecule has 2 aromatic rings. The third-order valence-electron chi connectivity index (χ3n) is 2.62. The second kappa shape index (κ2) is 5.22. The van der Waals surface area contributed by atoms with Gasteiger partial charge in [0.2, 0.25) is 0 Å². The zero-order chi connectivity index (χ0) is 11.4. The summed E-state index contributed by atoms with van der Waals surface area (Å²) in [4.78, 5) is 0. The molecular formula is C14H15AsO. The van der Waals surface area contributed by atoms with E-state index in [9.17, 15) is 5.11 Å². The predicted molar refractivity (Wildman–Crippen MR) is 69.5 cm³/mol. The summed E-state index contributed by atoms with van der Waals surface area (Å²) in [7, 11) is 0. The number of rotatable bonds is 3. The fraction of sp³-hybridized carbons (Fsp3) is 0.143. The van der Waals surface area contributed by atoms with Crippen molar-refractivity contribution in [1.82, 2.24) is 0 Å². The fourth-order valence-corrected chi connectivity index (χ4v) is 2.74. The summed E-state index contributed by atoms with van der Waals surface area (Å²) in [6.45, 7) is 0. The first-order valence-electron chi connectivity index (χ1n) is 5.34. The molecule has 2 rings (SSSR count). The maximum atomic E-state index is 9.21. The molecule has 0 heterocycles. The third-order valence-corrected chi connectivity index (χ3v) is 3.92. The Kier molecular flexibility index (Phi) is 3.69. The maximum absolute atomic E-state index is 9.21. The molecule has 16 heavy (non-hydrogen) atoms. The molecule has 0 aliphatic rings. The van der Waals surface area contributed by atoms with E-state index in [1.165, 1.54) is 11.1 Å². The van der Waals surface area contributed by atoms with Crippen molar-refractivity contribution < 1.29 is 5.11 Å². The van der Waals surface area contributed by atoms with Crippen LogP contribution in [0.15, 0.2) is 54.6 Å². The fourth-order valence-electron chi connectivity index (χ4n) is 1.70. The molecule has 82 valence electrons. The van der Waals surface area contributed by atoms with Crippen LogP contribution in [0.2, 0.25) is 0 Å². The predicted octanol–water partition coefficient (Wildman–Crippen LogP) is 2.31. The minimum atomic E-state index is 0.335. The van der Waals surface area contributed by atoms with Crippen molar-refractivity contribution in [3.63, 3.8) is 0 Å². The molecule has 2 atom stereocenters. The van der Waals surface area contributed by atoms with Crippen LogP contribution < -0.4 is 0 Å². The second-order valence-electron chi connectivity index (χ2n) is 3.89. The van der Waals surface area contributed by atoms with E-state index < -0.39 is 0 Å². The molecule has 2 aromatic carbocycles. The van der Waals surface area contributed by atoms with Crippen molar-refractivity contribution in [2.24, 2.45) is 0 Å². The van der Waals surface area contributed by atoms with Crippen molar-refractivity contribution in [1.29, 1.82) is 0 Å². The molecule has 0 spiro atoms. The Bertz CT molecular complexity index is 436. The Hall–Kier alpha value is -1.20. The molecule has 0 fully saturated rings. The van der Waals surface area contributed by atoms with Crippen LogP contribution in [-0.2, 0) is 6.42 Å². The van der Waals surface area contributed by atoms with E-state index in [1.54, 1.807) is 29.0 Å². The van der Waals surface area contributed by atoms with Crippen molar-refractivity contribution in [3.05, 3.63) is 65.7 Å². The van der Waals surface area contributed by atoms with Crippen molar-refractivity contribution in [3.8, 4) is 5.75 Å². The van der Waals surface area contributed by atoms with Crippen LogP contribution >= 0.6 is 0 Å². The zero-order valence-electron chi connectivity index (χ0n) is 9.01. The summed E-state index contributed by atoms with van der Waals surface area (Å²) >= 11 is 1.74. The van der Waals surface area contributed by atoms with Crippen molar-refractivity contribution in [2.45, 2.75) is 11.1 Å². The van der Waals surface area contributed by atoms with Gasteiger partial charge in [0.15, 0.2) is 0 Å². The van der Waals surface area contributed by atoms with Crippen molar-refractivity contribution >= 4 is 16.9 Å². The monoisotopic (exact) mass is 274 g/mol. The van der Waals surface area contributed by atoms with Crippen LogP contribution in [-0.4, -0.2) is 22.0 Å². The Balaban J connectivity index is 2.08. The number of hydrogen-bond acceptors (Lipinski definition) is 1. The number of phenols is 1. The summed E-state index contributed by atoms with van der Waals surface area (Å²) in [5, 5.41) is 9.21. The van der Waals surface area contributed by atoms with Gasteiger partial charge in [-0.25, -0.2) is 0 Å². The molecule has 1 nitrogen and oxygen atoms in total. The Morgan fingerprint density at radius 2 is 1.56 bits per heavy atom. The van der Waals surface area contributed by atoms with Crippen LogP contribution in [0.5, 0.6) is 5.75 Å². The van der Waals surface area contributed by atoms with Gasteiger partial charge in [0.25, 0.3) is 0 Å². The number of aromatic hydroxyl groups is 1. The molecule has 0 bridgehead atoms. The van der Waals surface area contributed by atoms with Gasteiger partial charge in [-0.2, -0.15) is 0 Å². The molecule has 0 aliphatic carbocycles. The molecule has 2 heteroatoms. The second-order valence-corrected chi connectivity index (χ2v) is 5.58. The minimum absolute atomic E-state index is 0.335. The molecule has 0 saturated carbocycles. The van der Waals surface area contributed by atoms with Gasteiger partial charge in [0.1, 0.15) is 0 Å². The molecule has 1 N–H and O–H groups in total. The average Bonchev–Trinajstić information content (AvgIpc) is 2.33. The van der Waals surface area contributed by atoms with Crippen LogP contribution in [0, 0.1) is 0 Å². The van der Waals surface area contributed by atoms with E-state index >= 15 is 0 Å². The Labute approximate surface area is 105 Å². The van der Waals surface area contributed by atoms with Gasteiger partial charge in [-0.05, 0) is 0 Å². The Morgan fingerprint density at radius 1 is 0.938 bits per heavy atom. The summed E-state index contributed by atoms with van der Waals surface area (Å²) in [6.07, 6.45) is 1.03. The first-order valence-corrected chi connectivity index (χ1v) is 6.74. The van der Waals surface area contributed by atoms with Crippen LogP contribution in [0.4, 0.5) is 0 Å². The molecule has 0 saturated heterocycles. The van der Waals surface area contributed by atoms with Gasteiger partial charge in [-0.1, -0.05) is 0 Å². The van der Waals surface area contributed by atoms with E-state index in [-0.39, 0.29) is 0 Å². The van der Waals surface area contributed by atoms with E-state index in [0.29, 0.717) is 10.5 Å². The standard InChI is InChI=1S/C14H15AsO/c15-14(12-4-2-1-3-5-12)10-11-6-8-13(16)9-7-11/h1-9,14,16H,10,15H2. The average molecular weight is 274 g/mol. The molecule has 0 radical (unpaired) electrons. The number of benzene rings is 2. The van der Waals surface area contributed by atoms with Gasteiger partial charge in [-0.15, -0.1) is 0 Å². The van der Waals surface area contributed by atoms with E-state index in [4.69, 9.17) is 0 Å². The molecule has 0 aromatic heterocycles. The topological polar surface area (TPSA) is 20.2 Å². The molecule has 0 amide bonds. The van der Waals surface area contributed by atoms with Crippen molar-refractivity contribution in [2.75, 3.05) is 0 Å². The summed E-state index contributed by atoms with van der Waals surface area (Å²) in [6, 6.07) is 18.0. The molecule has 2 unspecified atom stereocenters. The van der Waals surface area contributed by atoms with E-state index in [1.807, 2.05) is 18.2 Å². The Morgan fingerprint density at radius 3 is 2.19 bits per heavy atom.